The number of fused-ring (bicyclic) bond motifs is 2. The van der Waals surface area contributed by atoms with E-state index in [1.54, 1.807) is 12.1 Å². The highest BCUT2D eigenvalue weighted by atomic mass is 16.6. The molecule has 24 heavy (non-hydrogen) atoms. The lowest BCUT2D eigenvalue weighted by atomic mass is 9.71. The zero-order valence-electron chi connectivity index (χ0n) is 13.5. The number of nitrogens with zero attached hydrogens (tertiary/aromatic N) is 1. The van der Waals surface area contributed by atoms with Crippen LogP contribution in [0.15, 0.2) is 47.2 Å². The van der Waals surface area contributed by atoms with Gasteiger partial charge in [0.1, 0.15) is 0 Å². The van der Waals surface area contributed by atoms with Crippen molar-refractivity contribution in [3.8, 4) is 0 Å². The second-order valence-electron chi connectivity index (χ2n) is 6.80. The number of Topliss-reactive ketones (excluding diaryl/α,β-unsaturated/α-hetero) is 1. The van der Waals surface area contributed by atoms with Crippen LogP contribution >= 0.6 is 0 Å². The molecule has 3 aliphatic rings. The van der Waals surface area contributed by atoms with Crippen LogP contribution in [-0.2, 0) is 4.79 Å². The summed E-state index contributed by atoms with van der Waals surface area (Å²) in [6, 6.07) is 6.93. The zero-order valence-corrected chi connectivity index (χ0v) is 13.5. The standard InChI is InChI=1S/C19H20N2O3/c22-17-7-3-6-16-18(17)14-4-1-2-5-15(14)19(20-16)12-8-10-13(11-9-12)21(23)24/h4,8-11,15,19-20H,1-3,5-7H2. The van der Waals surface area contributed by atoms with Gasteiger partial charge in [-0.2, -0.15) is 0 Å². The fraction of sp³-hybridized carbons (Fsp3) is 0.421. The monoisotopic (exact) mass is 324 g/mol. The summed E-state index contributed by atoms with van der Waals surface area (Å²) in [4.78, 5) is 22.9. The number of nitro benzene ring substituents is 1. The number of rotatable bonds is 2. The lowest BCUT2D eigenvalue weighted by Gasteiger charge is -2.41. The van der Waals surface area contributed by atoms with E-state index in [2.05, 4.69) is 11.4 Å². The summed E-state index contributed by atoms with van der Waals surface area (Å²) in [7, 11) is 0. The van der Waals surface area contributed by atoms with E-state index in [4.69, 9.17) is 0 Å². The van der Waals surface area contributed by atoms with Crippen molar-refractivity contribution in [1.29, 1.82) is 0 Å². The maximum Gasteiger partial charge on any atom is 0.269 e. The Morgan fingerprint density at radius 2 is 1.92 bits per heavy atom. The topological polar surface area (TPSA) is 72.2 Å². The van der Waals surface area contributed by atoms with Gasteiger partial charge in [0.15, 0.2) is 5.78 Å². The molecule has 2 aliphatic carbocycles. The molecular weight excluding hydrogens is 304 g/mol. The first-order valence-electron chi connectivity index (χ1n) is 8.63. The van der Waals surface area contributed by atoms with E-state index in [-0.39, 0.29) is 28.4 Å². The number of nitro groups is 1. The van der Waals surface area contributed by atoms with Gasteiger partial charge < -0.3 is 5.32 Å². The third kappa shape index (κ3) is 2.44. The summed E-state index contributed by atoms with van der Waals surface area (Å²) >= 11 is 0. The van der Waals surface area contributed by atoms with E-state index in [9.17, 15) is 14.9 Å². The van der Waals surface area contributed by atoms with Crippen LogP contribution in [0.3, 0.4) is 0 Å². The molecule has 5 heteroatoms. The summed E-state index contributed by atoms with van der Waals surface area (Å²) in [6.45, 7) is 0. The number of non-ortho nitro benzene ring substituents is 1. The van der Waals surface area contributed by atoms with Gasteiger partial charge in [-0.1, -0.05) is 18.2 Å². The molecule has 5 nitrogen and oxygen atoms in total. The normalized spacial score (nSPS) is 26.2. The third-order valence-electron chi connectivity index (χ3n) is 5.38. The molecule has 0 spiro atoms. The minimum Gasteiger partial charge on any atom is -0.380 e. The van der Waals surface area contributed by atoms with E-state index >= 15 is 0 Å². The Labute approximate surface area is 140 Å². The number of nitrogens with one attached hydrogen (secondary N) is 1. The Morgan fingerprint density at radius 1 is 1.12 bits per heavy atom. The Kier molecular flexibility index (Phi) is 3.71. The van der Waals surface area contributed by atoms with Crippen LogP contribution in [0.25, 0.3) is 0 Å². The summed E-state index contributed by atoms with van der Waals surface area (Å²) in [5, 5.41) is 14.5. The Morgan fingerprint density at radius 3 is 2.67 bits per heavy atom. The second kappa shape index (κ2) is 5.89. The minimum absolute atomic E-state index is 0.0991. The SMILES string of the molecule is O=C1CCCC2=C1C1=CCCCC1C(c1ccc([N+](=O)[O-])cc1)N2. The molecule has 0 aromatic heterocycles. The molecule has 1 heterocycles. The first-order chi connectivity index (χ1) is 11.6. The van der Waals surface area contributed by atoms with E-state index in [0.29, 0.717) is 6.42 Å². The van der Waals surface area contributed by atoms with Crippen LogP contribution in [0.1, 0.15) is 50.1 Å². The molecule has 0 saturated carbocycles. The average Bonchev–Trinajstić information content (AvgIpc) is 2.61. The molecule has 1 aromatic rings. The van der Waals surface area contributed by atoms with Crippen molar-refractivity contribution < 1.29 is 9.72 Å². The van der Waals surface area contributed by atoms with Gasteiger partial charge in [-0.15, -0.1) is 0 Å². The van der Waals surface area contributed by atoms with Gasteiger partial charge in [0, 0.05) is 35.7 Å². The Balaban J connectivity index is 1.74. The quantitative estimate of drug-likeness (QED) is 0.660. The highest BCUT2D eigenvalue weighted by Crippen LogP contribution is 2.46. The highest BCUT2D eigenvalue weighted by molar-refractivity contribution is 6.01. The fourth-order valence-electron chi connectivity index (χ4n) is 4.27. The van der Waals surface area contributed by atoms with Crippen molar-refractivity contribution in [1.82, 2.24) is 5.32 Å². The molecule has 2 atom stereocenters. The maximum atomic E-state index is 12.4. The molecule has 0 radical (unpaired) electrons. The van der Waals surface area contributed by atoms with E-state index in [1.807, 2.05) is 12.1 Å². The van der Waals surface area contributed by atoms with Gasteiger partial charge in [-0.3, -0.25) is 14.9 Å². The zero-order chi connectivity index (χ0) is 16.7. The van der Waals surface area contributed by atoms with Gasteiger partial charge in [0.05, 0.1) is 11.0 Å². The predicted octanol–water partition coefficient (Wildman–Crippen LogP) is 3.97. The van der Waals surface area contributed by atoms with Gasteiger partial charge in [-0.25, -0.2) is 0 Å². The third-order valence-corrected chi connectivity index (χ3v) is 5.38. The number of hydrogen-bond acceptors (Lipinski definition) is 4. The van der Waals surface area contributed by atoms with Crippen LogP contribution in [0.4, 0.5) is 5.69 Å². The van der Waals surface area contributed by atoms with Crippen LogP contribution in [0.2, 0.25) is 0 Å². The average molecular weight is 324 g/mol. The molecule has 4 rings (SSSR count). The van der Waals surface area contributed by atoms with Crippen molar-refractivity contribution in [2.75, 3.05) is 0 Å². The lowest BCUT2D eigenvalue weighted by Crippen LogP contribution is -2.39. The predicted molar refractivity (Wildman–Crippen MR) is 90.3 cm³/mol. The number of carbonyl (C=O) groups is 1. The number of carbonyl (C=O) groups excluding carboxylic acids is 1. The summed E-state index contributed by atoms with van der Waals surface area (Å²) in [5.41, 5.74) is 4.39. The maximum absolute atomic E-state index is 12.4. The molecule has 1 aliphatic heterocycles. The lowest BCUT2D eigenvalue weighted by molar-refractivity contribution is -0.384. The number of allylic oxidation sites excluding steroid dienone is 3. The number of hydrogen-bond donors (Lipinski definition) is 1. The molecule has 1 aromatic carbocycles. The van der Waals surface area contributed by atoms with E-state index < -0.39 is 0 Å². The van der Waals surface area contributed by atoms with Crippen molar-refractivity contribution in [2.24, 2.45) is 5.92 Å². The molecule has 0 bridgehead atoms. The van der Waals surface area contributed by atoms with Crippen LogP contribution in [0, 0.1) is 16.0 Å². The molecule has 0 amide bonds. The Hall–Kier alpha value is -2.43. The second-order valence-corrected chi connectivity index (χ2v) is 6.80. The largest absolute Gasteiger partial charge is 0.380 e. The molecule has 0 saturated heterocycles. The van der Waals surface area contributed by atoms with Gasteiger partial charge in [-0.05, 0) is 43.2 Å². The van der Waals surface area contributed by atoms with Crippen molar-refractivity contribution in [2.45, 2.75) is 44.6 Å². The van der Waals surface area contributed by atoms with E-state index in [0.717, 1.165) is 48.9 Å². The van der Waals surface area contributed by atoms with Gasteiger partial charge >= 0.3 is 0 Å². The molecule has 124 valence electrons. The first kappa shape index (κ1) is 15.1. The smallest absolute Gasteiger partial charge is 0.269 e. The van der Waals surface area contributed by atoms with Crippen molar-refractivity contribution >= 4 is 11.5 Å². The van der Waals surface area contributed by atoms with Crippen LogP contribution in [0.5, 0.6) is 0 Å². The summed E-state index contributed by atoms with van der Waals surface area (Å²) < 4.78 is 0. The summed E-state index contributed by atoms with van der Waals surface area (Å²) in [6.07, 6.45) is 7.90. The molecule has 2 unspecified atom stereocenters. The van der Waals surface area contributed by atoms with Gasteiger partial charge in [0.25, 0.3) is 5.69 Å². The minimum atomic E-state index is -0.371. The van der Waals surface area contributed by atoms with Crippen molar-refractivity contribution in [3.05, 3.63) is 62.9 Å². The van der Waals surface area contributed by atoms with Crippen LogP contribution < -0.4 is 5.32 Å². The van der Waals surface area contributed by atoms with Gasteiger partial charge in [0.2, 0.25) is 0 Å². The number of ketones is 1. The molecular formula is C19H20N2O3. The molecule has 0 fully saturated rings. The highest BCUT2D eigenvalue weighted by Gasteiger charge is 2.39. The number of benzene rings is 1. The first-order valence-corrected chi connectivity index (χ1v) is 8.63. The Bertz CT molecular complexity index is 761. The fourth-order valence-corrected chi connectivity index (χ4v) is 4.27. The van der Waals surface area contributed by atoms with Crippen LogP contribution in [-0.4, -0.2) is 10.7 Å². The summed E-state index contributed by atoms with van der Waals surface area (Å²) in [5.74, 6) is 0.546. The van der Waals surface area contributed by atoms with E-state index in [1.165, 1.54) is 5.57 Å². The van der Waals surface area contributed by atoms with Crippen molar-refractivity contribution in [3.63, 3.8) is 0 Å². The molecule has 1 N–H and O–H groups in total.